The number of nitrogens with one attached hydrogen (secondary N) is 1. The van der Waals surface area contributed by atoms with Crippen molar-refractivity contribution in [3.63, 3.8) is 0 Å². The van der Waals surface area contributed by atoms with Crippen LogP contribution >= 0.6 is 0 Å². The number of aliphatic carboxylic acids is 1. The summed E-state index contributed by atoms with van der Waals surface area (Å²) in [6, 6.07) is 0.0103. The number of ether oxygens (including phenoxy) is 1. The molecule has 0 aromatic carbocycles. The quantitative estimate of drug-likeness (QED) is 0.587. The second kappa shape index (κ2) is 2.27. The molecule has 12 heavy (non-hydrogen) atoms. The lowest BCUT2D eigenvalue weighted by Gasteiger charge is -2.07. The maximum absolute atomic E-state index is 10.5. The minimum Gasteiger partial charge on any atom is -0.489 e. The molecule has 2 atom stereocenters. The van der Waals surface area contributed by atoms with E-state index in [-0.39, 0.29) is 17.8 Å². The van der Waals surface area contributed by atoms with Crippen LogP contribution in [0.1, 0.15) is 6.92 Å². The standard InChI is InChI=1S/C8H9NO3/c1-4-2-5-7(12-4)3-6(9-5)8(10)11/h2-3,5,7,9H,1H3,(H,10,11). The minimum atomic E-state index is -0.931. The first kappa shape index (κ1) is 7.21. The van der Waals surface area contributed by atoms with Gasteiger partial charge in [0.15, 0.2) is 0 Å². The van der Waals surface area contributed by atoms with Crippen LogP contribution in [0, 0.1) is 0 Å². The molecule has 2 aliphatic rings. The van der Waals surface area contributed by atoms with Crippen LogP contribution in [0.15, 0.2) is 23.6 Å². The highest BCUT2D eigenvalue weighted by Gasteiger charge is 2.33. The number of hydrogen-bond acceptors (Lipinski definition) is 3. The van der Waals surface area contributed by atoms with Gasteiger partial charge >= 0.3 is 5.97 Å². The van der Waals surface area contributed by atoms with Gasteiger partial charge in [-0.2, -0.15) is 0 Å². The van der Waals surface area contributed by atoms with Gasteiger partial charge in [-0.15, -0.1) is 0 Å². The highest BCUT2D eigenvalue weighted by molar-refractivity contribution is 5.87. The van der Waals surface area contributed by atoms with Crippen molar-refractivity contribution in [3.05, 3.63) is 23.6 Å². The second-order valence-corrected chi connectivity index (χ2v) is 2.92. The molecule has 0 bridgehead atoms. The first-order valence-corrected chi connectivity index (χ1v) is 3.73. The van der Waals surface area contributed by atoms with Crippen LogP contribution in [0.4, 0.5) is 0 Å². The van der Waals surface area contributed by atoms with Crippen molar-refractivity contribution in [1.29, 1.82) is 0 Å². The number of fused-ring (bicyclic) bond motifs is 1. The predicted molar refractivity (Wildman–Crippen MR) is 41.3 cm³/mol. The number of carboxylic acid groups (broad SMARTS) is 1. The number of allylic oxidation sites excluding steroid dienone is 1. The number of carboxylic acids is 1. The van der Waals surface area contributed by atoms with Crippen molar-refractivity contribution in [1.82, 2.24) is 5.32 Å². The highest BCUT2D eigenvalue weighted by Crippen LogP contribution is 2.24. The van der Waals surface area contributed by atoms with E-state index in [1.54, 1.807) is 6.08 Å². The van der Waals surface area contributed by atoms with Crippen molar-refractivity contribution in [3.8, 4) is 0 Å². The molecule has 4 nitrogen and oxygen atoms in total. The fraction of sp³-hybridized carbons (Fsp3) is 0.375. The largest absolute Gasteiger partial charge is 0.489 e. The Labute approximate surface area is 69.5 Å². The summed E-state index contributed by atoms with van der Waals surface area (Å²) < 4.78 is 5.32. The summed E-state index contributed by atoms with van der Waals surface area (Å²) in [5.74, 6) is -0.0859. The van der Waals surface area contributed by atoms with Crippen LogP contribution in [-0.2, 0) is 9.53 Å². The molecule has 0 fully saturated rings. The molecule has 0 spiro atoms. The summed E-state index contributed by atoms with van der Waals surface area (Å²) >= 11 is 0. The maximum Gasteiger partial charge on any atom is 0.351 e. The Kier molecular flexibility index (Phi) is 1.36. The molecule has 0 radical (unpaired) electrons. The Hall–Kier alpha value is -1.45. The van der Waals surface area contributed by atoms with Gasteiger partial charge in [0, 0.05) is 0 Å². The van der Waals surface area contributed by atoms with Gasteiger partial charge in [0.05, 0.1) is 11.8 Å². The van der Waals surface area contributed by atoms with Crippen LogP contribution in [0.3, 0.4) is 0 Å². The van der Waals surface area contributed by atoms with E-state index in [0.717, 1.165) is 5.76 Å². The zero-order chi connectivity index (χ0) is 8.72. The van der Waals surface area contributed by atoms with Gasteiger partial charge in [0.25, 0.3) is 0 Å². The van der Waals surface area contributed by atoms with Gasteiger partial charge in [-0.05, 0) is 19.1 Å². The van der Waals surface area contributed by atoms with Gasteiger partial charge in [-0.25, -0.2) is 4.79 Å². The number of carbonyl (C=O) groups is 1. The molecule has 0 aromatic heterocycles. The van der Waals surface area contributed by atoms with Gasteiger partial charge < -0.3 is 15.2 Å². The van der Waals surface area contributed by atoms with Crippen molar-refractivity contribution < 1.29 is 14.6 Å². The summed E-state index contributed by atoms with van der Waals surface area (Å²) in [5.41, 5.74) is 0.230. The highest BCUT2D eigenvalue weighted by atomic mass is 16.5. The van der Waals surface area contributed by atoms with E-state index < -0.39 is 5.97 Å². The van der Waals surface area contributed by atoms with E-state index >= 15 is 0 Å². The Balaban J connectivity index is 2.14. The molecule has 0 amide bonds. The molecule has 64 valence electrons. The second-order valence-electron chi connectivity index (χ2n) is 2.92. The predicted octanol–water partition coefficient (Wildman–Crippen LogP) is 0.229. The van der Waals surface area contributed by atoms with Crippen LogP contribution in [0.5, 0.6) is 0 Å². The summed E-state index contributed by atoms with van der Waals surface area (Å²) in [6.45, 7) is 1.86. The van der Waals surface area contributed by atoms with Crippen LogP contribution in [0.2, 0.25) is 0 Å². The molecular formula is C8H9NO3. The van der Waals surface area contributed by atoms with E-state index in [1.165, 1.54) is 0 Å². The Morgan fingerprint density at radius 2 is 2.42 bits per heavy atom. The Bertz CT molecular complexity index is 293. The van der Waals surface area contributed by atoms with Crippen molar-refractivity contribution in [2.24, 2.45) is 0 Å². The average Bonchev–Trinajstić information content (AvgIpc) is 2.42. The van der Waals surface area contributed by atoms with Crippen molar-refractivity contribution >= 4 is 5.97 Å². The molecule has 0 aromatic rings. The SMILES string of the molecule is CC1=CC2NC(C(=O)O)=CC2O1. The first-order chi connectivity index (χ1) is 5.66. The molecule has 0 aliphatic carbocycles. The number of hydrogen-bond donors (Lipinski definition) is 2. The monoisotopic (exact) mass is 167 g/mol. The van der Waals surface area contributed by atoms with Crippen molar-refractivity contribution in [2.45, 2.75) is 19.1 Å². The van der Waals surface area contributed by atoms with E-state index in [2.05, 4.69) is 5.32 Å². The lowest BCUT2D eigenvalue weighted by atomic mass is 10.2. The van der Waals surface area contributed by atoms with Gasteiger partial charge in [0.1, 0.15) is 11.8 Å². The summed E-state index contributed by atoms with van der Waals surface area (Å²) in [6.07, 6.45) is 3.35. The third kappa shape index (κ3) is 0.958. The lowest BCUT2D eigenvalue weighted by molar-refractivity contribution is -0.133. The summed E-state index contributed by atoms with van der Waals surface area (Å²) in [5, 5.41) is 11.5. The van der Waals surface area contributed by atoms with Crippen LogP contribution in [-0.4, -0.2) is 23.2 Å². The zero-order valence-corrected chi connectivity index (χ0v) is 6.57. The van der Waals surface area contributed by atoms with Gasteiger partial charge in [0.2, 0.25) is 0 Å². The van der Waals surface area contributed by atoms with Gasteiger partial charge in [-0.3, -0.25) is 0 Å². The van der Waals surface area contributed by atoms with Gasteiger partial charge in [-0.1, -0.05) is 0 Å². The molecule has 4 heteroatoms. The third-order valence-corrected chi connectivity index (χ3v) is 1.97. The number of rotatable bonds is 1. The Morgan fingerprint density at radius 1 is 1.67 bits per heavy atom. The first-order valence-electron chi connectivity index (χ1n) is 3.73. The molecule has 2 heterocycles. The topological polar surface area (TPSA) is 58.6 Å². The molecule has 2 rings (SSSR count). The molecule has 0 saturated heterocycles. The van der Waals surface area contributed by atoms with E-state index in [4.69, 9.17) is 9.84 Å². The summed E-state index contributed by atoms with van der Waals surface area (Å²) in [4.78, 5) is 10.5. The summed E-state index contributed by atoms with van der Waals surface area (Å²) in [7, 11) is 0. The third-order valence-electron chi connectivity index (χ3n) is 1.97. The molecule has 2 unspecified atom stereocenters. The average molecular weight is 167 g/mol. The normalized spacial score (nSPS) is 31.4. The smallest absolute Gasteiger partial charge is 0.351 e. The maximum atomic E-state index is 10.5. The van der Waals surface area contributed by atoms with Crippen molar-refractivity contribution in [2.75, 3.05) is 0 Å². The van der Waals surface area contributed by atoms with E-state index in [9.17, 15) is 4.79 Å². The minimum absolute atomic E-state index is 0.0103. The molecule has 0 saturated carbocycles. The van der Waals surface area contributed by atoms with E-state index in [0.29, 0.717) is 0 Å². The molecule has 2 aliphatic heterocycles. The van der Waals surface area contributed by atoms with Crippen LogP contribution in [0.25, 0.3) is 0 Å². The van der Waals surface area contributed by atoms with E-state index in [1.807, 2.05) is 13.0 Å². The lowest BCUT2D eigenvalue weighted by Crippen LogP contribution is -2.28. The molecular weight excluding hydrogens is 158 g/mol. The Morgan fingerprint density at radius 3 is 3.00 bits per heavy atom. The zero-order valence-electron chi connectivity index (χ0n) is 6.57. The van der Waals surface area contributed by atoms with Crippen LogP contribution < -0.4 is 5.32 Å². The molecule has 2 N–H and O–H groups in total. The fourth-order valence-electron chi connectivity index (χ4n) is 1.46. The fourth-order valence-corrected chi connectivity index (χ4v) is 1.46.